The maximum Gasteiger partial charge on any atom is 0.182 e. The molecule has 2 rings (SSSR count). The molecule has 0 spiro atoms. The van der Waals surface area contributed by atoms with E-state index in [9.17, 15) is 0 Å². The van der Waals surface area contributed by atoms with Gasteiger partial charge in [-0.2, -0.15) is 5.26 Å². The van der Waals surface area contributed by atoms with E-state index in [1.54, 1.807) is 19.5 Å². The molecule has 0 saturated carbocycles. The van der Waals surface area contributed by atoms with Crippen molar-refractivity contribution < 1.29 is 4.74 Å². The first-order chi connectivity index (χ1) is 10.3. The van der Waals surface area contributed by atoms with Gasteiger partial charge in [-0.1, -0.05) is 18.2 Å². The number of nitrogens with zero attached hydrogens (tertiary/aromatic N) is 3. The zero-order valence-electron chi connectivity index (χ0n) is 11.8. The predicted molar refractivity (Wildman–Crippen MR) is 81.1 cm³/mol. The van der Waals surface area contributed by atoms with Crippen molar-refractivity contribution in [3.8, 4) is 11.9 Å². The predicted octanol–water partition coefficient (Wildman–Crippen LogP) is 2.15. The minimum absolute atomic E-state index is 0.551. The molecular formula is C16H16N4O. The number of nitriles is 1. The van der Waals surface area contributed by atoms with Gasteiger partial charge in [0.05, 0.1) is 7.11 Å². The number of pyridine rings is 1. The fraction of sp³-hybridized carbons (Fsp3) is 0.188. The van der Waals surface area contributed by atoms with E-state index in [1.165, 1.54) is 0 Å². The topological polar surface area (TPSA) is 70.3 Å². The maximum absolute atomic E-state index is 8.82. The zero-order chi connectivity index (χ0) is 14.9. The van der Waals surface area contributed by atoms with Gasteiger partial charge >= 0.3 is 0 Å². The first kappa shape index (κ1) is 14.5. The molecule has 1 heterocycles. The molecule has 5 nitrogen and oxygen atoms in total. The van der Waals surface area contributed by atoms with Crippen LogP contribution in [0.1, 0.15) is 11.1 Å². The number of benzene rings is 1. The van der Waals surface area contributed by atoms with Gasteiger partial charge in [0.2, 0.25) is 0 Å². The number of methoxy groups -OCH3 is 1. The summed E-state index contributed by atoms with van der Waals surface area (Å²) in [6.45, 7) is 0.562. The minimum atomic E-state index is 0.551. The SMILES string of the molecule is COc1ccccc1CCN=C(NC#N)c1ccncc1. The van der Waals surface area contributed by atoms with Crippen molar-refractivity contribution in [3.05, 3.63) is 59.9 Å². The Morgan fingerprint density at radius 3 is 2.76 bits per heavy atom. The van der Waals surface area contributed by atoms with Crippen LogP contribution in [0, 0.1) is 11.5 Å². The second-order valence-electron chi connectivity index (χ2n) is 4.26. The second-order valence-corrected chi connectivity index (χ2v) is 4.26. The summed E-state index contributed by atoms with van der Waals surface area (Å²) in [5.74, 6) is 1.40. The Hall–Kier alpha value is -2.87. The van der Waals surface area contributed by atoms with Crippen molar-refractivity contribution in [2.75, 3.05) is 13.7 Å². The highest BCUT2D eigenvalue weighted by Gasteiger charge is 2.03. The number of amidine groups is 1. The molecule has 0 aliphatic rings. The lowest BCUT2D eigenvalue weighted by molar-refractivity contribution is 0.410. The number of hydrogen-bond acceptors (Lipinski definition) is 4. The number of ether oxygens (including phenoxy) is 1. The van der Waals surface area contributed by atoms with Crippen molar-refractivity contribution in [2.24, 2.45) is 4.99 Å². The molecular weight excluding hydrogens is 264 g/mol. The molecule has 0 fully saturated rings. The van der Waals surface area contributed by atoms with Crippen molar-refractivity contribution >= 4 is 5.84 Å². The third-order valence-corrected chi connectivity index (χ3v) is 2.97. The molecule has 0 aliphatic heterocycles. The van der Waals surface area contributed by atoms with Crippen molar-refractivity contribution in [1.82, 2.24) is 10.3 Å². The highest BCUT2D eigenvalue weighted by molar-refractivity contribution is 5.99. The van der Waals surface area contributed by atoms with Gasteiger partial charge in [0.1, 0.15) is 11.6 Å². The van der Waals surface area contributed by atoms with Gasteiger partial charge in [0.25, 0.3) is 0 Å². The van der Waals surface area contributed by atoms with Crippen LogP contribution in [0.2, 0.25) is 0 Å². The number of hydrogen-bond donors (Lipinski definition) is 1. The smallest absolute Gasteiger partial charge is 0.182 e. The molecule has 106 valence electrons. The normalized spacial score (nSPS) is 10.8. The Kier molecular flexibility index (Phi) is 5.30. The Labute approximate surface area is 123 Å². The van der Waals surface area contributed by atoms with Crippen molar-refractivity contribution in [1.29, 1.82) is 5.26 Å². The number of aliphatic imine (C=N–C) groups is 1. The summed E-state index contributed by atoms with van der Waals surface area (Å²) in [5, 5.41) is 11.4. The largest absolute Gasteiger partial charge is 0.496 e. The summed E-state index contributed by atoms with van der Waals surface area (Å²) in [6.07, 6.45) is 5.99. The molecule has 1 aromatic heterocycles. The van der Waals surface area contributed by atoms with Gasteiger partial charge in [-0.25, -0.2) is 0 Å². The molecule has 21 heavy (non-hydrogen) atoms. The molecule has 0 saturated heterocycles. The summed E-state index contributed by atoms with van der Waals surface area (Å²) < 4.78 is 5.31. The quantitative estimate of drug-likeness (QED) is 0.394. The van der Waals surface area contributed by atoms with Crippen LogP contribution >= 0.6 is 0 Å². The Balaban J connectivity index is 2.09. The molecule has 2 aromatic rings. The summed E-state index contributed by atoms with van der Waals surface area (Å²) in [6, 6.07) is 11.5. The van der Waals surface area contributed by atoms with E-state index in [2.05, 4.69) is 15.3 Å². The van der Waals surface area contributed by atoms with Gasteiger partial charge < -0.3 is 4.74 Å². The molecule has 5 heteroatoms. The molecule has 0 unspecified atom stereocenters. The fourth-order valence-corrected chi connectivity index (χ4v) is 1.96. The highest BCUT2D eigenvalue weighted by atomic mass is 16.5. The number of para-hydroxylation sites is 1. The van der Waals surface area contributed by atoms with Crippen LogP contribution in [-0.4, -0.2) is 24.5 Å². The van der Waals surface area contributed by atoms with Gasteiger partial charge in [-0.15, -0.1) is 0 Å². The Morgan fingerprint density at radius 2 is 2.05 bits per heavy atom. The van der Waals surface area contributed by atoms with E-state index in [0.29, 0.717) is 12.4 Å². The lowest BCUT2D eigenvalue weighted by atomic mass is 10.1. The van der Waals surface area contributed by atoms with Crippen LogP contribution < -0.4 is 10.1 Å². The molecule has 0 aliphatic carbocycles. The van der Waals surface area contributed by atoms with Crippen LogP contribution in [-0.2, 0) is 6.42 Å². The van der Waals surface area contributed by atoms with Crippen molar-refractivity contribution in [3.63, 3.8) is 0 Å². The number of rotatable bonds is 5. The second kappa shape index (κ2) is 7.65. The third-order valence-electron chi connectivity index (χ3n) is 2.97. The highest BCUT2D eigenvalue weighted by Crippen LogP contribution is 2.17. The van der Waals surface area contributed by atoms with E-state index in [4.69, 9.17) is 10.00 Å². The molecule has 0 atom stereocenters. The van der Waals surface area contributed by atoms with Crippen LogP contribution in [0.25, 0.3) is 0 Å². The first-order valence-corrected chi connectivity index (χ1v) is 6.57. The average molecular weight is 280 g/mol. The average Bonchev–Trinajstić information content (AvgIpc) is 2.55. The van der Waals surface area contributed by atoms with Gasteiger partial charge in [0.15, 0.2) is 6.19 Å². The molecule has 0 amide bonds. The standard InChI is InChI=1S/C16H16N4O/c1-21-15-5-3-2-4-13(15)8-11-19-16(20-12-17)14-6-9-18-10-7-14/h2-7,9-10H,8,11H2,1H3,(H,19,20). The Morgan fingerprint density at radius 1 is 1.29 bits per heavy atom. The van der Waals surface area contributed by atoms with Crippen molar-refractivity contribution in [2.45, 2.75) is 6.42 Å². The monoisotopic (exact) mass is 280 g/mol. The Bertz CT molecular complexity index is 647. The summed E-state index contributed by atoms with van der Waals surface area (Å²) in [5.41, 5.74) is 1.93. The van der Waals surface area contributed by atoms with E-state index in [1.807, 2.05) is 42.6 Å². The van der Waals surface area contributed by atoms with Gasteiger partial charge in [0, 0.05) is 24.5 Å². The van der Waals surface area contributed by atoms with Crippen LogP contribution in [0.15, 0.2) is 53.8 Å². The molecule has 1 aromatic carbocycles. The molecule has 1 N–H and O–H groups in total. The van der Waals surface area contributed by atoms with E-state index >= 15 is 0 Å². The van der Waals surface area contributed by atoms with E-state index < -0.39 is 0 Å². The third kappa shape index (κ3) is 4.05. The van der Waals surface area contributed by atoms with Crippen LogP contribution in [0.3, 0.4) is 0 Å². The first-order valence-electron chi connectivity index (χ1n) is 6.57. The fourth-order valence-electron chi connectivity index (χ4n) is 1.96. The molecule has 0 radical (unpaired) electrons. The lowest BCUT2D eigenvalue weighted by Crippen LogP contribution is -2.19. The number of aromatic nitrogens is 1. The maximum atomic E-state index is 8.82. The summed E-state index contributed by atoms with van der Waals surface area (Å²) in [7, 11) is 1.65. The van der Waals surface area contributed by atoms with Gasteiger partial charge in [-0.3, -0.25) is 15.3 Å². The summed E-state index contributed by atoms with van der Waals surface area (Å²) >= 11 is 0. The van der Waals surface area contributed by atoms with Crippen LogP contribution in [0.4, 0.5) is 0 Å². The molecule has 0 bridgehead atoms. The zero-order valence-corrected chi connectivity index (χ0v) is 11.8. The van der Waals surface area contributed by atoms with Crippen LogP contribution in [0.5, 0.6) is 5.75 Å². The summed E-state index contributed by atoms with van der Waals surface area (Å²) in [4.78, 5) is 8.41. The van der Waals surface area contributed by atoms with Gasteiger partial charge in [-0.05, 0) is 30.2 Å². The van der Waals surface area contributed by atoms with E-state index in [0.717, 1.165) is 23.3 Å². The minimum Gasteiger partial charge on any atom is -0.496 e. The lowest BCUT2D eigenvalue weighted by Gasteiger charge is -2.07. The number of nitrogens with one attached hydrogen (secondary N) is 1. The van der Waals surface area contributed by atoms with E-state index in [-0.39, 0.29) is 0 Å².